The molecule has 2 N–H and O–H groups in total. The highest BCUT2D eigenvalue weighted by atomic mass is 32.1. The molecule has 0 aliphatic heterocycles. The lowest BCUT2D eigenvalue weighted by Crippen LogP contribution is -2.34. The molecule has 0 spiro atoms. The van der Waals surface area contributed by atoms with Gasteiger partial charge in [-0.25, -0.2) is 0 Å². The van der Waals surface area contributed by atoms with E-state index in [-0.39, 0.29) is 5.11 Å². The first-order chi connectivity index (χ1) is 8.70. The zero-order valence-electron chi connectivity index (χ0n) is 9.54. The summed E-state index contributed by atoms with van der Waals surface area (Å²) in [5, 5.41) is 9.01. The Balaban J connectivity index is 2.24. The van der Waals surface area contributed by atoms with Gasteiger partial charge in [0.05, 0.1) is 24.4 Å². The molecule has 1 aromatic heterocycles. The summed E-state index contributed by atoms with van der Waals surface area (Å²) in [4.78, 5) is 1.75. The van der Waals surface area contributed by atoms with Gasteiger partial charge >= 0.3 is 0 Å². The molecule has 4 nitrogen and oxygen atoms in total. The van der Waals surface area contributed by atoms with Gasteiger partial charge in [0.1, 0.15) is 5.76 Å². The van der Waals surface area contributed by atoms with Crippen LogP contribution >= 0.6 is 12.2 Å². The fourth-order valence-corrected chi connectivity index (χ4v) is 1.74. The number of benzene rings is 1. The molecule has 1 aromatic carbocycles. The van der Waals surface area contributed by atoms with Gasteiger partial charge in [0.25, 0.3) is 0 Å². The Hall–Kier alpha value is -2.32. The molecule has 0 saturated heterocycles. The highest BCUT2D eigenvalue weighted by Crippen LogP contribution is 2.18. The van der Waals surface area contributed by atoms with Crippen LogP contribution in [0.1, 0.15) is 11.3 Å². The molecular weight excluding hydrogens is 246 g/mol. The fraction of sp³-hybridized carbons (Fsp3) is 0.0769. The number of hydrogen-bond acceptors (Lipinski definition) is 3. The van der Waals surface area contributed by atoms with Gasteiger partial charge in [-0.3, -0.25) is 0 Å². The molecule has 18 heavy (non-hydrogen) atoms. The predicted octanol–water partition coefficient (Wildman–Crippen LogP) is 2.40. The van der Waals surface area contributed by atoms with Crippen LogP contribution in [-0.4, -0.2) is 5.11 Å². The monoisotopic (exact) mass is 257 g/mol. The average Bonchev–Trinajstić information content (AvgIpc) is 2.89. The Bertz CT molecular complexity index is 569. The number of rotatable bonds is 3. The minimum absolute atomic E-state index is 0.260. The zero-order valence-corrected chi connectivity index (χ0v) is 10.4. The van der Waals surface area contributed by atoms with Crippen molar-refractivity contribution in [3.8, 4) is 6.07 Å². The molecule has 0 bridgehead atoms. The van der Waals surface area contributed by atoms with E-state index in [1.165, 1.54) is 0 Å². The van der Waals surface area contributed by atoms with Gasteiger partial charge in [-0.2, -0.15) is 5.26 Å². The van der Waals surface area contributed by atoms with Crippen molar-refractivity contribution in [3.05, 3.63) is 54.0 Å². The first-order valence-corrected chi connectivity index (χ1v) is 5.71. The first-order valence-electron chi connectivity index (χ1n) is 5.30. The van der Waals surface area contributed by atoms with Crippen LogP contribution in [0, 0.1) is 11.3 Å². The van der Waals surface area contributed by atoms with Crippen LogP contribution in [-0.2, 0) is 6.54 Å². The van der Waals surface area contributed by atoms with Crippen LogP contribution in [0.3, 0.4) is 0 Å². The van der Waals surface area contributed by atoms with E-state index in [0.29, 0.717) is 12.1 Å². The summed E-state index contributed by atoms with van der Waals surface area (Å²) >= 11 is 5.03. The number of thiocarbonyl (C=S) groups is 1. The summed E-state index contributed by atoms with van der Waals surface area (Å²) in [5.74, 6) is 0.771. The van der Waals surface area contributed by atoms with E-state index in [0.717, 1.165) is 11.4 Å². The van der Waals surface area contributed by atoms with Gasteiger partial charge in [0, 0.05) is 5.69 Å². The van der Waals surface area contributed by atoms with Gasteiger partial charge in [-0.1, -0.05) is 0 Å². The number of nitriles is 1. The van der Waals surface area contributed by atoms with E-state index >= 15 is 0 Å². The summed E-state index contributed by atoms with van der Waals surface area (Å²) in [6, 6.07) is 12.8. The third-order valence-corrected chi connectivity index (χ3v) is 2.69. The second kappa shape index (κ2) is 5.34. The number of nitrogens with zero attached hydrogens (tertiary/aromatic N) is 2. The summed E-state index contributed by atoms with van der Waals surface area (Å²) in [6.07, 6.45) is 1.60. The quantitative estimate of drug-likeness (QED) is 0.855. The molecule has 1 heterocycles. The van der Waals surface area contributed by atoms with E-state index in [2.05, 4.69) is 6.07 Å². The molecule has 0 atom stereocenters. The van der Waals surface area contributed by atoms with E-state index in [4.69, 9.17) is 27.6 Å². The van der Waals surface area contributed by atoms with E-state index in [1.54, 1.807) is 35.4 Å². The molecule has 0 radical (unpaired) electrons. The molecule has 0 aliphatic rings. The van der Waals surface area contributed by atoms with Crippen molar-refractivity contribution in [2.24, 2.45) is 5.73 Å². The van der Waals surface area contributed by atoms with Gasteiger partial charge < -0.3 is 15.1 Å². The number of anilines is 1. The summed E-state index contributed by atoms with van der Waals surface area (Å²) in [5.41, 5.74) is 7.13. The number of hydrogen-bond donors (Lipinski definition) is 1. The topological polar surface area (TPSA) is 66.2 Å². The van der Waals surface area contributed by atoms with Crippen molar-refractivity contribution >= 4 is 23.0 Å². The lowest BCUT2D eigenvalue weighted by molar-refractivity contribution is 0.512. The van der Waals surface area contributed by atoms with Crippen LogP contribution in [0.5, 0.6) is 0 Å². The number of nitrogens with two attached hydrogens (primary N) is 1. The van der Waals surface area contributed by atoms with E-state index in [9.17, 15) is 0 Å². The normalized spacial score (nSPS) is 9.72. The van der Waals surface area contributed by atoms with Crippen molar-refractivity contribution in [1.82, 2.24) is 0 Å². The number of furan rings is 1. The molecule has 0 unspecified atom stereocenters. The van der Waals surface area contributed by atoms with Gasteiger partial charge in [0.2, 0.25) is 0 Å². The summed E-state index contributed by atoms with van der Waals surface area (Å²) in [7, 11) is 0. The molecule has 0 aliphatic carbocycles. The Labute approximate surface area is 110 Å². The van der Waals surface area contributed by atoms with Gasteiger partial charge in [0.15, 0.2) is 5.11 Å². The second-order valence-corrected chi connectivity index (χ2v) is 4.08. The zero-order chi connectivity index (χ0) is 13.0. The van der Waals surface area contributed by atoms with Crippen LogP contribution in [0.15, 0.2) is 47.1 Å². The summed E-state index contributed by atoms with van der Waals surface area (Å²) in [6.45, 7) is 0.467. The molecule has 5 heteroatoms. The van der Waals surface area contributed by atoms with Crippen molar-refractivity contribution in [3.63, 3.8) is 0 Å². The lowest BCUT2D eigenvalue weighted by atomic mass is 10.2. The molecule has 0 fully saturated rings. The van der Waals surface area contributed by atoms with Crippen molar-refractivity contribution < 1.29 is 4.42 Å². The maximum atomic E-state index is 8.75. The maximum absolute atomic E-state index is 8.75. The predicted molar refractivity (Wildman–Crippen MR) is 72.8 cm³/mol. The fourth-order valence-electron chi connectivity index (χ4n) is 1.57. The molecule has 0 saturated carbocycles. The Morgan fingerprint density at radius 2 is 2.06 bits per heavy atom. The van der Waals surface area contributed by atoms with Gasteiger partial charge in [-0.15, -0.1) is 0 Å². The largest absolute Gasteiger partial charge is 0.467 e. The van der Waals surface area contributed by atoms with Crippen LogP contribution in [0.4, 0.5) is 5.69 Å². The Kier molecular flexibility index (Phi) is 3.60. The second-order valence-electron chi connectivity index (χ2n) is 3.66. The van der Waals surface area contributed by atoms with Crippen LogP contribution < -0.4 is 10.6 Å². The third kappa shape index (κ3) is 2.67. The van der Waals surface area contributed by atoms with Crippen LogP contribution in [0.2, 0.25) is 0 Å². The molecule has 2 rings (SSSR count). The van der Waals surface area contributed by atoms with Crippen molar-refractivity contribution in [1.29, 1.82) is 5.26 Å². The molecule has 90 valence electrons. The average molecular weight is 257 g/mol. The minimum Gasteiger partial charge on any atom is -0.467 e. The van der Waals surface area contributed by atoms with E-state index in [1.807, 2.05) is 12.1 Å². The standard InChI is InChI=1S/C13H11N3OS/c14-8-10-3-5-11(6-4-10)16(13(15)18)9-12-2-1-7-17-12/h1-7H,9H2,(H2,15,18). The summed E-state index contributed by atoms with van der Waals surface area (Å²) < 4.78 is 5.27. The smallest absolute Gasteiger partial charge is 0.171 e. The Morgan fingerprint density at radius 3 is 2.56 bits per heavy atom. The lowest BCUT2D eigenvalue weighted by Gasteiger charge is -2.21. The van der Waals surface area contributed by atoms with Gasteiger partial charge in [-0.05, 0) is 48.6 Å². The highest BCUT2D eigenvalue weighted by molar-refractivity contribution is 7.80. The molecule has 0 amide bonds. The third-order valence-electron chi connectivity index (χ3n) is 2.47. The SMILES string of the molecule is N#Cc1ccc(N(Cc2ccco2)C(N)=S)cc1. The van der Waals surface area contributed by atoms with Crippen molar-refractivity contribution in [2.45, 2.75) is 6.54 Å². The minimum atomic E-state index is 0.260. The maximum Gasteiger partial charge on any atom is 0.171 e. The van der Waals surface area contributed by atoms with E-state index < -0.39 is 0 Å². The molecule has 2 aromatic rings. The Morgan fingerprint density at radius 1 is 1.33 bits per heavy atom. The molecular formula is C13H11N3OS. The van der Waals surface area contributed by atoms with Crippen molar-refractivity contribution in [2.75, 3.05) is 4.90 Å². The highest BCUT2D eigenvalue weighted by Gasteiger charge is 2.11. The first kappa shape index (κ1) is 12.1. The van der Waals surface area contributed by atoms with Crippen LogP contribution in [0.25, 0.3) is 0 Å².